The molecule has 1 aromatic carbocycles. The predicted octanol–water partition coefficient (Wildman–Crippen LogP) is 0.911. The fourth-order valence-electron chi connectivity index (χ4n) is 1.88. The molecule has 5 heteroatoms. The SMILES string of the molecule is CCOc1cc(C(=O)N2CC(O)C2)ccc1OC. The minimum absolute atomic E-state index is 0.0936. The van der Waals surface area contributed by atoms with E-state index in [1.807, 2.05) is 6.92 Å². The number of ether oxygens (including phenoxy) is 2. The van der Waals surface area contributed by atoms with Crippen LogP contribution in [0.3, 0.4) is 0 Å². The molecule has 5 nitrogen and oxygen atoms in total. The number of aliphatic hydroxyl groups excluding tert-OH is 1. The molecule has 98 valence electrons. The van der Waals surface area contributed by atoms with Gasteiger partial charge in [0.05, 0.1) is 19.8 Å². The Kier molecular flexibility index (Phi) is 3.72. The summed E-state index contributed by atoms with van der Waals surface area (Å²) in [5.41, 5.74) is 0.547. The minimum Gasteiger partial charge on any atom is -0.493 e. The molecule has 0 unspecified atom stereocenters. The lowest BCUT2D eigenvalue weighted by molar-refractivity contribution is 0.00587. The van der Waals surface area contributed by atoms with Gasteiger partial charge >= 0.3 is 0 Å². The van der Waals surface area contributed by atoms with Crippen LogP contribution in [0.1, 0.15) is 17.3 Å². The maximum Gasteiger partial charge on any atom is 0.254 e. The molecule has 0 radical (unpaired) electrons. The maximum absolute atomic E-state index is 12.0. The molecule has 1 N–H and O–H groups in total. The van der Waals surface area contributed by atoms with Gasteiger partial charge in [0.2, 0.25) is 0 Å². The number of β-amino-alcohol motifs (C(OH)–C–C–N with tert-alkyl or cyclic N) is 1. The number of hydrogen-bond acceptors (Lipinski definition) is 4. The molecule has 1 saturated heterocycles. The van der Waals surface area contributed by atoms with Crippen LogP contribution in [0, 0.1) is 0 Å². The summed E-state index contributed by atoms with van der Waals surface area (Å²) in [6.45, 7) is 3.18. The van der Waals surface area contributed by atoms with Gasteiger partial charge in [-0.05, 0) is 25.1 Å². The van der Waals surface area contributed by atoms with Crippen LogP contribution >= 0.6 is 0 Å². The summed E-state index contributed by atoms with van der Waals surface area (Å²) < 4.78 is 10.6. The first-order valence-corrected chi connectivity index (χ1v) is 5.94. The van der Waals surface area contributed by atoms with Crippen LogP contribution in [0.15, 0.2) is 18.2 Å². The number of methoxy groups -OCH3 is 1. The van der Waals surface area contributed by atoms with Crippen molar-refractivity contribution in [2.24, 2.45) is 0 Å². The number of aliphatic hydroxyl groups is 1. The number of amides is 1. The highest BCUT2D eigenvalue weighted by Gasteiger charge is 2.29. The Labute approximate surface area is 106 Å². The van der Waals surface area contributed by atoms with Crippen LogP contribution in [0.4, 0.5) is 0 Å². The summed E-state index contributed by atoms with van der Waals surface area (Å²) in [6.07, 6.45) is -0.390. The standard InChI is InChI=1S/C13H17NO4/c1-3-18-12-6-9(4-5-11(12)17-2)13(16)14-7-10(15)8-14/h4-6,10,15H,3,7-8H2,1-2H3. The van der Waals surface area contributed by atoms with Gasteiger partial charge in [0.1, 0.15) is 0 Å². The Balaban J connectivity index is 2.18. The topological polar surface area (TPSA) is 59.0 Å². The van der Waals surface area contributed by atoms with Gasteiger partial charge in [0.25, 0.3) is 5.91 Å². The third-order valence-corrected chi connectivity index (χ3v) is 2.86. The molecule has 2 rings (SSSR count). The van der Waals surface area contributed by atoms with Crippen molar-refractivity contribution in [1.29, 1.82) is 0 Å². The lowest BCUT2D eigenvalue weighted by Crippen LogP contribution is -2.53. The predicted molar refractivity (Wildman–Crippen MR) is 66.1 cm³/mol. The summed E-state index contributed by atoms with van der Waals surface area (Å²) in [4.78, 5) is 13.6. The van der Waals surface area contributed by atoms with Crippen LogP contribution < -0.4 is 9.47 Å². The van der Waals surface area contributed by atoms with E-state index >= 15 is 0 Å². The molecule has 1 heterocycles. The Morgan fingerprint density at radius 3 is 2.72 bits per heavy atom. The maximum atomic E-state index is 12.0. The van der Waals surface area contributed by atoms with E-state index in [0.717, 1.165) is 0 Å². The van der Waals surface area contributed by atoms with Gasteiger partial charge in [-0.2, -0.15) is 0 Å². The zero-order valence-electron chi connectivity index (χ0n) is 10.5. The van der Waals surface area contributed by atoms with Crippen molar-refractivity contribution >= 4 is 5.91 Å². The largest absolute Gasteiger partial charge is 0.493 e. The van der Waals surface area contributed by atoms with Crippen LogP contribution in [0.2, 0.25) is 0 Å². The van der Waals surface area contributed by atoms with Gasteiger partial charge in [-0.3, -0.25) is 4.79 Å². The zero-order chi connectivity index (χ0) is 13.1. The molecule has 1 fully saturated rings. The number of nitrogens with zero attached hydrogens (tertiary/aromatic N) is 1. The molecular weight excluding hydrogens is 234 g/mol. The fourth-order valence-corrected chi connectivity index (χ4v) is 1.88. The highest BCUT2D eigenvalue weighted by atomic mass is 16.5. The molecule has 0 spiro atoms. The Bertz CT molecular complexity index is 441. The quantitative estimate of drug-likeness (QED) is 0.864. The van der Waals surface area contributed by atoms with Crippen molar-refractivity contribution in [3.63, 3.8) is 0 Å². The number of hydrogen-bond donors (Lipinski definition) is 1. The molecule has 1 aliphatic heterocycles. The number of rotatable bonds is 4. The molecule has 0 aliphatic carbocycles. The van der Waals surface area contributed by atoms with Crippen molar-refractivity contribution < 1.29 is 19.4 Å². The first kappa shape index (κ1) is 12.7. The van der Waals surface area contributed by atoms with Gasteiger partial charge < -0.3 is 19.5 Å². The monoisotopic (exact) mass is 251 g/mol. The summed E-state index contributed by atoms with van der Waals surface area (Å²) in [7, 11) is 1.56. The van der Waals surface area contributed by atoms with E-state index < -0.39 is 6.10 Å². The average Bonchev–Trinajstić information content (AvgIpc) is 2.34. The first-order chi connectivity index (χ1) is 8.65. The second-order valence-corrected chi connectivity index (χ2v) is 4.16. The molecule has 0 bridgehead atoms. The summed E-state index contributed by atoms with van der Waals surface area (Å²) in [5, 5.41) is 9.20. The lowest BCUT2D eigenvalue weighted by atomic mass is 10.1. The van der Waals surface area contributed by atoms with Crippen LogP contribution in [-0.2, 0) is 0 Å². The molecule has 1 aromatic rings. The number of carbonyl (C=O) groups excluding carboxylic acids is 1. The van der Waals surface area contributed by atoms with E-state index in [1.54, 1.807) is 30.2 Å². The first-order valence-electron chi connectivity index (χ1n) is 5.94. The molecule has 1 aliphatic rings. The fraction of sp³-hybridized carbons (Fsp3) is 0.462. The second-order valence-electron chi connectivity index (χ2n) is 4.16. The summed E-state index contributed by atoms with van der Waals surface area (Å²) >= 11 is 0. The Hall–Kier alpha value is -1.75. The Morgan fingerprint density at radius 2 is 2.17 bits per heavy atom. The lowest BCUT2D eigenvalue weighted by Gasteiger charge is -2.35. The van der Waals surface area contributed by atoms with Gasteiger partial charge in [-0.25, -0.2) is 0 Å². The molecule has 0 saturated carbocycles. The number of likely N-dealkylation sites (tertiary alicyclic amines) is 1. The van der Waals surface area contributed by atoms with Crippen molar-refractivity contribution in [2.75, 3.05) is 26.8 Å². The summed E-state index contributed by atoms with van der Waals surface area (Å²) in [6, 6.07) is 5.10. The molecule has 0 atom stereocenters. The van der Waals surface area contributed by atoms with Crippen molar-refractivity contribution in [3.05, 3.63) is 23.8 Å². The van der Waals surface area contributed by atoms with Crippen molar-refractivity contribution in [1.82, 2.24) is 4.90 Å². The molecule has 0 aromatic heterocycles. The van der Waals surface area contributed by atoms with E-state index in [4.69, 9.17) is 9.47 Å². The van der Waals surface area contributed by atoms with E-state index in [-0.39, 0.29) is 5.91 Å². The van der Waals surface area contributed by atoms with Gasteiger partial charge in [-0.1, -0.05) is 0 Å². The normalized spacial score (nSPS) is 15.2. The summed E-state index contributed by atoms with van der Waals surface area (Å²) in [5.74, 6) is 1.08. The van der Waals surface area contributed by atoms with E-state index in [2.05, 4.69) is 0 Å². The molecule has 18 heavy (non-hydrogen) atoms. The van der Waals surface area contributed by atoms with Gasteiger partial charge in [0.15, 0.2) is 11.5 Å². The van der Waals surface area contributed by atoms with Gasteiger partial charge in [0, 0.05) is 18.7 Å². The molecule has 1 amide bonds. The Morgan fingerprint density at radius 1 is 1.44 bits per heavy atom. The average molecular weight is 251 g/mol. The van der Waals surface area contributed by atoms with E-state index in [1.165, 1.54) is 0 Å². The zero-order valence-corrected chi connectivity index (χ0v) is 10.5. The van der Waals surface area contributed by atoms with Crippen LogP contribution in [-0.4, -0.2) is 48.8 Å². The van der Waals surface area contributed by atoms with E-state index in [9.17, 15) is 9.90 Å². The van der Waals surface area contributed by atoms with Gasteiger partial charge in [-0.15, -0.1) is 0 Å². The van der Waals surface area contributed by atoms with Crippen molar-refractivity contribution in [3.8, 4) is 11.5 Å². The minimum atomic E-state index is -0.390. The van der Waals surface area contributed by atoms with Crippen LogP contribution in [0.5, 0.6) is 11.5 Å². The number of benzene rings is 1. The van der Waals surface area contributed by atoms with Crippen LogP contribution in [0.25, 0.3) is 0 Å². The number of carbonyl (C=O) groups is 1. The molecular formula is C13H17NO4. The third-order valence-electron chi connectivity index (χ3n) is 2.86. The smallest absolute Gasteiger partial charge is 0.254 e. The highest BCUT2D eigenvalue weighted by Crippen LogP contribution is 2.29. The third kappa shape index (κ3) is 2.41. The van der Waals surface area contributed by atoms with Crippen molar-refractivity contribution in [2.45, 2.75) is 13.0 Å². The van der Waals surface area contributed by atoms with E-state index in [0.29, 0.717) is 36.8 Å². The highest BCUT2D eigenvalue weighted by molar-refractivity contribution is 5.95. The second kappa shape index (κ2) is 5.27.